The molecule has 0 fully saturated rings. The molecule has 3 aromatic rings. The summed E-state index contributed by atoms with van der Waals surface area (Å²) in [6, 6.07) is 17.8. The molecule has 6 nitrogen and oxygen atoms in total. The monoisotopic (exact) mass is 397 g/mol. The number of carbonyl (C=O) groups excluding carboxylic acids is 1. The summed E-state index contributed by atoms with van der Waals surface area (Å²) in [4.78, 5) is 12.4. The number of benzene rings is 2. The summed E-state index contributed by atoms with van der Waals surface area (Å²) in [6.07, 6.45) is 4.71. The number of nitrogens with one attached hydrogen (secondary N) is 2. The third-order valence-corrected chi connectivity index (χ3v) is 5.85. The van der Waals surface area contributed by atoms with Crippen LogP contribution >= 0.6 is 0 Å². The van der Waals surface area contributed by atoms with Crippen molar-refractivity contribution in [3.8, 4) is 5.69 Å². The first kappa shape index (κ1) is 19.9. The van der Waals surface area contributed by atoms with Crippen LogP contribution in [0.4, 0.5) is 0 Å². The Morgan fingerprint density at radius 1 is 0.929 bits per heavy atom. The van der Waals surface area contributed by atoms with Crippen molar-refractivity contribution in [1.29, 1.82) is 0 Å². The van der Waals surface area contributed by atoms with Crippen LogP contribution in [0.3, 0.4) is 0 Å². The van der Waals surface area contributed by atoms with E-state index < -0.39 is 10.0 Å². The number of carbonyl (C=O) groups is 1. The first-order valence-electron chi connectivity index (χ1n) is 9.10. The third kappa shape index (κ3) is 4.88. The third-order valence-electron chi connectivity index (χ3n) is 4.38. The van der Waals surface area contributed by atoms with Gasteiger partial charge in [0.2, 0.25) is 10.0 Å². The van der Waals surface area contributed by atoms with Crippen molar-refractivity contribution in [2.75, 3.05) is 13.1 Å². The number of hydrogen-bond donors (Lipinski definition) is 2. The minimum Gasteiger partial charge on any atom is -0.351 e. The molecule has 0 radical (unpaired) electrons. The lowest BCUT2D eigenvalue weighted by Crippen LogP contribution is -2.34. The number of nitrogens with zero attached hydrogens (tertiary/aromatic N) is 1. The topological polar surface area (TPSA) is 80.2 Å². The minimum absolute atomic E-state index is 0.116. The maximum Gasteiger partial charge on any atom is 0.251 e. The lowest BCUT2D eigenvalue weighted by Gasteiger charge is -2.09. The van der Waals surface area contributed by atoms with Crippen LogP contribution in [-0.2, 0) is 16.4 Å². The predicted octanol–water partition coefficient (Wildman–Crippen LogP) is 2.75. The van der Waals surface area contributed by atoms with E-state index in [1.165, 1.54) is 0 Å². The van der Waals surface area contributed by atoms with E-state index in [0.29, 0.717) is 5.56 Å². The highest BCUT2D eigenvalue weighted by atomic mass is 32.2. The van der Waals surface area contributed by atoms with E-state index in [0.717, 1.165) is 17.7 Å². The number of aryl methyl sites for hydroxylation is 1. The molecule has 0 saturated carbocycles. The highest BCUT2D eigenvalue weighted by Gasteiger charge is 2.13. The van der Waals surface area contributed by atoms with Crippen molar-refractivity contribution < 1.29 is 13.2 Å². The molecule has 0 saturated heterocycles. The molecule has 0 aliphatic rings. The van der Waals surface area contributed by atoms with Crippen LogP contribution in [0.15, 0.2) is 78.0 Å². The Kier molecular flexibility index (Phi) is 6.28. The Balaban J connectivity index is 1.49. The molecule has 3 rings (SSSR count). The lowest BCUT2D eigenvalue weighted by molar-refractivity contribution is 0.0954. The molecule has 7 heteroatoms. The zero-order valence-corrected chi connectivity index (χ0v) is 16.4. The summed E-state index contributed by atoms with van der Waals surface area (Å²) in [7, 11) is -3.58. The van der Waals surface area contributed by atoms with Crippen LogP contribution in [-0.4, -0.2) is 32.0 Å². The molecule has 0 bridgehead atoms. The van der Waals surface area contributed by atoms with Gasteiger partial charge in [-0.1, -0.05) is 19.1 Å². The maximum atomic E-state index is 12.3. The highest BCUT2D eigenvalue weighted by molar-refractivity contribution is 7.89. The van der Waals surface area contributed by atoms with Gasteiger partial charge in [0.1, 0.15) is 0 Å². The van der Waals surface area contributed by atoms with Crippen molar-refractivity contribution >= 4 is 15.9 Å². The van der Waals surface area contributed by atoms with Gasteiger partial charge in [-0.3, -0.25) is 4.79 Å². The fourth-order valence-corrected chi connectivity index (χ4v) is 3.77. The average molecular weight is 398 g/mol. The van der Waals surface area contributed by atoms with Gasteiger partial charge in [0.15, 0.2) is 0 Å². The normalized spacial score (nSPS) is 11.3. The minimum atomic E-state index is -3.58. The van der Waals surface area contributed by atoms with Gasteiger partial charge in [0.25, 0.3) is 5.91 Å². The Morgan fingerprint density at radius 2 is 1.57 bits per heavy atom. The van der Waals surface area contributed by atoms with Gasteiger partial charge < -0.3 is 9.88 Å². The molecule has 1 heterocycles. The molecular formula is C21H23N3O3S. The van der Waals surface area contributed by atoms with E-state index in [4.69, 9.17) is 0 Å². The van der Waals surface area contributed by atoms with E-state index in [1.54, 1.807) is 36.4 Å². The molecule has 2 aromatic carbocycles. The van der Waals surface area contributed by atoms with Gasteiger partial charge in [0, 0.05) is 36.7 Å². The molecule has 0 aliphatic carbocycles. The summed E-state index contributed by atoms with van der Waals surface area (Å²) in [6.45, 7) is 2.33. The number of amides is 1. The van der Waals surface area contributed by atoms with Crippen molar-refractivity contribution in [3.63, 3.8) is 0 Å². The summed E-state index contributed by atoms with van der Waals surface area (Å²) < 4.78 is 29.0. The van der Waals surface area contributed by atoms with E-state index in [-0.39, 0.29) is 23.9 Å². The fourth-order valence-electron chi connectivity index (χ4n) is 2.74. The van der Waals surface area contributed by atoms with E-state index >= 15 is 0 Å². The summed E-state index contributed by atoms with van der Waals surface area (Å²) >= 11 is 0. The van der Waals surface area contributed by atoms with Gasteiger partial charge in [-0.05, 0) is 60.5 Å². The zero-order chi connectivity index (χ0) is 20.0. The Bertz CT molecular complexity index is 1010. The Morgan fingerprint density at radius 3 is 2.18 bits per heavy atom. The molecule has 0 atom stereocenters. The van der Waals surface area contributed by atoms with Crippen LogP contribution in [0.5, 0.6) is 0 Å². The molecule has 2 N–H and O–H groups in total. The molecule has 0 aliphatic heterocycles. The molecule has 28 heavy (non-hydrogen) atoms. The van der Waals surface area contributed by atoms with Crippen molar-refractivity contribution in [2.45, 2.75) is 18.2 Å². The SMILES string of the molecule is CCc1ccc(S(=O)(=O)NCCNC(=O)c2ccc(-n3cccc3)cc2)cc1. The van der Waals surface area contributed by atoms with Gasteiger partial charge in [-0.15, -0.1) is 0 Å². The second kappa shape index (κ2) is 8.86. The molecule has 0 unspecified atom stereocenters. The molecular weight excluding hydrogens is 374 g/mol. The van der Waals surface area contributed by atoms with Crippen molar-refractivity contribution in [2.24, 2.45) is 0 Å². The van der Waals surface area contributed by atoms with Crippen LogP contribution in [0.2, 0.25) is 0 Å². The fraction of sp³-hybridized carbons (Fsp3) is 0.190. The van der Waals surface area contributed by atoms with E-state index in [9.17, 15) is 13.2 Å². The standard InChI is InChI=1S/C21H23N3O3S/c1-2-17-5-11-20(12-6-17)28(26,27)23-14-13-22-21(25)18-7-9-19(10-8-18)24-15-3-4-16-24/h3-12,15-16,23H,2,13-14H2,1H3,(H,22,25). The van der Waals surface area contributed by atoms with Gasteiger partial charge in [-0.25, -0.2) is 13.1 Å². The summed E-state index contributed by atoms with van der Waals surface area (Å²) in [5.41, 5.74) is 2.56. The van der Waals surface area contributed by atoms with E-state index in [1.807, 2.05) is 48.1 Å². The van der Waals surface area contributed by atoms with Gasteiger partial charge >= 0.3 is 0 Å². The predicted molar refractivity (Wildman–Crippen MR) is 109 cm³/mol. The van der Waals surface area contributed by atoms with Gasteiger partial charge in [0.05, 0.1) is 4.90 Å². The first-order valence-corrected chi connectivity index (χ1v) is 10.6. The summed E-state index contributed by atoms with van der Waals surface area (Å²) in [5.74, 6) is -0.245. The number of sulfonamides is 1. The zero-order valence-electron chi connectivity index (χ0n) is 15.6. The first-order chi connectivity index (χ1) is 13.5. The summed E-state index contributed by atoms with van der Waals surface area (Å²) in [5, 5.41) is 2.72. The molecule has 0 spiro atoms. The molecule has 1 aromatic heterocycles. The Labute approximate surface area is 165 Å². The average Bonchev–Trinajstić information content (AvgIpc) is 3.26. The second-order valence-electron chi connectivity index (χ2n) is 6.29. The molecule has 146 valence electrons. The van der Waals surface area contributed by atoms with Crippen LogP contribution in [0, 0.1) is 0 Å². The largest absolute Gasteiger partial charge is 0.351 e. The Hall–Kier alpha value is -2.90. The highest BCUT2D eigenvalue weighted by Crippen LogP contribution is 2.11. The second-order valence-corrected chi connectivity index (χ2v) is 8.06. The quantitative estimate of drug-likeness (QED) is 0.574. The smallest absolute Gasteiger partial charge is 0.251 e. The van der Waals surface area contributed by atoms with Crippen molar-refractivity contribution in [3.05, 3.63) is 84.2 Å². The number of aromatic nitrogens is 1. The van der Waals surface area contributed by atoms with Crippen molar-refractivity contribution in [1.82, 2.24) is 14.6 Å². The molecule has 1 amide bonds. The van der Waals surface area contributed by atoms with Crippen LogP contribution in [0.1, 0.15) is 22.8 Å². The van der Waals surface area contributed by atoms with Gasteiger partial charge in [-0.2, -0.15) is 0 Å². The van der Waals surface area contributed by atoms with Crippen LogP contribution < -0.4 is 10.0 Å². The number of rotatable bonds is 8. The maximum absolute atomic E-state index is 12.3. The van der Waals surface area contributed by atoms with Crippen LogP contribution in [0.25, 0.3) is 5.69 Å². The lowest BCUT2D eigenvalue weighted by atomic mass is 10.2. The number of hydrogen-bond acceptors (Lipinski definition) is 3. The van der Waals surface area contributed by atoms with E-state index in [2.05, 4.69) is 10.0 Å².